The normalized spacial score (nSPS) is 16.2. The highest BCUT2D eigenvalue weighted by atomic mass is 32.2. The summed E-state index contributed by atoms with van der Waals surface area (Å²) >= 11 is 0. The van der Waals surface area contributed by atoms with Crippen LogP contribution in [-0.2, 0) is 16.4 Å². The Balaban J connectivity index is 1.75. The highest BCUT2D eigenvalue weighted by Gasteiger charge is 2.35. The van der Waals surface area contributed by atoms with Crippen LogP contribution < -0.4 is 4.72 Å². The van der Waals surface area contributed by atoms with E-state index in [-0.39, 0.29) is 16.1 Å². The third-order valence-corrected chi connectivity index (χ3v) is 6.73. The Morgan fingerprint density at radius 3 is 2.50 bits per heavy atom. The summed E-state index contributed by atoms with van der Waals surface area (Å²) in [5.74, 6) is 0.727. The fourth-order valence-corrected chi connectivity index (χ4v) is 5.25. The summed E-state index contributed by atoms with van der Waals surface area (Å²) in [5, 5.41) is 0.663. The zero-order valence-corrected chi connectivity index (χ0v) is 17.2. The van der Waals surface area contributed by atoms with Crippen molar-refractivity contribution in [2.45, 2.75) is 45.4 Å². The molecule has 0 amide bonds. The van der Waals surface area contributed by atoms with E-state index >= 15 is 0 Å². The Morgan fingerprint density at radius 2 is 1.79 bits per heavy atom. The Bertz CT molecular complexity index is 1220. The molecular formula is C22H23NO4S. The van der Waals surface area contributed by atoms with Gasteiger partial charge in [0.1, 0.15) is 11.3 Å². The highest BCUT2D eigenvalue weighted by Crippen LogP contribution is 2.40. The van der Waals surface area contributed by atoms with Gasteiger partial charge < -0.3 is 4.42 Å². The molecule has 0 bridgehead atoms. The van der Waals surface area contributed by atoms with Gasteiger partial charge in [0.05, 0.1) is 10.5 Å². The van der Waals surface area contributed by atoms with E-state index in [2.05, 4.69) is 4.72 Å². The summed E-state index contributed by atoms with van der Waals surface area (Å²) in [5.41, 5.74) is 3.16. The molecule has 146 valence electrons. The molecule has 0 aliphatic heterocycles. The minimum Gasteiger partial charge on any atom is -0.460 e. The second kappa shape index (κ2) is 6.21. The van der Waals surface area contributed by atoms with Gasteiger partial charge in [0.2, 0.25) is 0 Å². The Hall–Kier alpha value is -2.60. The van der Waals surface area contributed by atoms with Gasteiger partial charge in [0, 0.05) is 23.9 Å². The smallest absolute Gasteiger partial charge is 0.262 e. The summed E-state index contributed by atoms with van der Waals surface area (Å²) in [6.07, 6.45) is 1.14. The van der Waals surface area contributed by atoms with Crippen molar-refractivity contribution in [1.82, 2.24) is 0 Å². The van der Waals surface area contributed by atoms with E-state index in [0.717, 1.165) is 5.56 Å². The van der Waals surface area contributed by atoms with E-state index in [4.69, 9.17) is 4.42 Å². The Kier molecular flexibility index (Phi) is 4.16. The van der Waals surface area contributed by atoms with Crippen LogP contribution >= 0.6 is 0 Å². The zero-order chi connectivity index (χ0) is 20.3. The van der Waals surface area contributed by atoms with E-state index in [1.54, 1.807) is 37.3 Å². The van der Waals surface area contributed by atoms with Crippen molar-refractivity contribution in [3.63, 3.8) is 0 Å². The van der Waals surface area contributed by atoms with Crippen molar-refractivity contribution in [2.24, 2.45) is 5.41 Å². The number of benzene rings is 2. The molecule has 0 radical (unpaired) electrons. The van der Waals surface area contributed by atoms with Gasteiger partial charge in [-0.25, -0.2) is 8.42 Å². The third-order valence-electron chi connectivity index (χ3n) is 5.19. The van der Waals surface area contributed by atoms with Crippen molar-refractivity contribution in [1.29, 1.82) is 0 Å². The summed E-state index contributed by atoms with van der Waals surface area (Å²) in [6.45, 7) is 7.79. The molecule has 0 spiro atoms. The molecule has 4 rings (SSSR count). The molecular weight excluding hydrogens is 374 g/mol. The molecule has 3 aromatic rings. The van der Waals surface area contributed by atoms with Crippen LogP contribution in [0.25, 0.3) is 11.0 Å². The van der Waals surface area contributed by atoms with Crippen molar-refractivity contribution < 1.29 is 17.6 Å². The molecule has 0 unspecified atom stereocenters. The van der Waals surface area contributed by atoms with E-state index in [1.807, 2.05) is 26.8 Å². The number of ketones is 1. The monoisotopic (exact) mass is 397 g/mol. The number of carbonyl (C=O) groups excluding carboxylic acids is 1. The number of fused-ring (bicyclic) bond motifs is 3. The fraction of sp³-hybridized carbons (Fsp3) is 0.318. The number of anilines is 1. The van der Waals surface area contributed by atoms with Gasteiger partial charge in [0.15, 0.2) is 5.78 Å². The van der Waals surface area contributed by atoms with Gasteiger partial charge in [0.25, 0.3) is 10.0 Å². The molecule has 5 nitrogen and oxygen atoms in total. The van der Waals surface area contributed by atoms with E-state index < -0.39 is 10.0 Å². The number of aryl methyl sites for hydroxylation is 2. The van der Waals surface area contributed by atoms with Crippen LogP contribution in [0.5, 0.6) is 0 Å². The minimum absolute atomic E-state index is 0.0411. The number of furan rings is 1. The van der Waals surface area contributed by atoms with Gasteiger partial charge in [-0.1, -0.05) is 31.5 Å². The van der Waals surface area contributed by atoms with E-state index in [0.29, 0.717) is 46.4 Å². The third kappa shape index (κ3) is 3.22. The molecule has 0 saturated heterocycles. The summed E-state index contributed by atoms with van der Waals surface area (Å²) in [4.78, 5) is 12.9. The van der Waals surface area contributed by atoms with E-state index in [9.17, 15) is 13.2 Å². The van der Waals surface area contributed by atoms with Gasteiger partial charge in [-0.2, -0.15) is 0 Å². The molecule has 1 aromatic heterocycles. The molecule has 1 aliphatic carbocycles. The van der Waals surface area contributed by atoms with Crippen molar-refractivity contribution in [2.75, 3.05) is 4.72 Å². The van der Waals surface area contributed by atoms with Crippen LogP contribution in [0.2, 0.25) is 0 Å². The first-order valence-corrected chi connectivity index (χ1v) is 10.7. The largest absolute Gasteiger partial charge is 0.460 e. The lowest BCUT2D eigenvalue weighted by Gasteiger charge is -2.27. The summed E-state index contributed by atoms with van der Waals surface area (Å²) in [6, 6.07) is 10.3. The van der Waals surface area contributed by atoms with Crippen molar-refractivity contribution in [3.8, 4) is 0 Å². The first kappa shape index (κ1) is 18.7. The second-order valence-corrected chi connectivity index (χ2v) is 10.1. The van der Waals surface area contributed by atoms with Gasteiger partial charge in [-0.05, 0) is 49.1 Å². The number of sulfonamides is 1. The molecule has 0 atom stereocenters. The maximum atomic E-state index is 12.8. The Morgan fingerprint density at radius 1 is 1.04 bits per heavy atom. The standard InChI is InChI=1S/C22H23NO4S/c1-13-5-8-20(14(2)9-13)28(25,26)23-15-6-7-18-16(10-15)21-17(24)11-22(3,4)12-19(21)27-18/h5-10,23H,11-12H2,1-4H3. The number of nitrogens with one attached hydrogen (secondary N) is 1. The minimum atomic E-state index is -3.73. The predicted molar refractivity (Wildman–Crippen MR) is 109 cm³/mol. The van der Waals surface area contributed by atoms with Crippen molar-refractivity contribution in [3.05, 3.63) is 58.8 Å². The van der Waals surface area contributed by atoms with Crippen LogP contribution in [0.3, 0.4) is 0 Å². The van der Waals surface area contributed by atoms with Crippen LogP contribution in [0.4, 0.5) is 5.69 Å². The molecule has 0 fully saturated rings. The zero-order valence-electron chi connectivity index (χ0n) is 16.4. The van der Waals surface area contributed by atoms with Crippen LogP contribution in [0.15, 0.2) is 45.7 Å². The van der Waals surface area contributed by atoms with Gasteiger partial charge in [-0.3, -0.25) is 9.52 Å². The van der Waals surface area contributed by atoms with Crippen LogP contribution in [-0.4, -0.2) is 14.2 Å². The highest BCUT2D eigenvalue weighted by molar-refractivity contribution is 7.92. The molecule has 0 saturated carbocycles. The average Bonchev–Trinajstić information content (AvgIpc) is 2.90. The maximum absolute atomic E-state index is 12.8. The van der Waals surface area contributed by atoms with Crippen LogP contribution in [0, 0.1) is 19.3 Å². The lowest BCUT2D eigenvalue weighted by Crippen LogP contribution is -2.25. The molecule has 1 heterocycles. The lowest BCUT2D eigenvalue weighted by molar-refractivity contribution is 0.0906. The van der Waals surface area contributed by atoms with Crippen molar-refractivity contribution >= 4 is 32.5 Å². The second-order valence-electron chi connectivity index (χ2n) is 8.43. The number of carbonyl (C=O) groups is 1. The quantitative estimate of drug-likeness (QED) is 0.674. The topological polar surface area (TPSA) is 76.4 Å². The maximum Gasteiger partial charge on any atom is 0.262 e. The summed E-state index contributed by atoms with van der Waals surface area (Å²) in [7, 11) is -3.73. The van der Waals surface area contributed by atoms with Crippen LogP contribution in [0.1, 0.15) is 47.5 Å². The molecule has 2 aromatic carbocycles. The Labute approximate surface area is 164 Å². The average molecular weight is 397 g/mol. The number of rotatable bonds is 3. The molecule has 6 heteroatoms. The number of Topliss-reactive ketones (excluding diaryl/α,β-unsaturated/α-hetero) is 1. The van der Waals surface area contributed by atoms with Gasteiger partial charge in [-0.15, -0.1) is 0 Å². The SMILES string of the molecule is Cc1ccc(S(=O)(=O)Nc2ccc3oc4c(c3c2)C(=O)CC(C)(C)C4)c(C)c1. The number of hydrogen-bond donors (Lipinski definition) is 1. The molecule has 28 heavy (non-hydrogen) atoms. The number of hydrogen-bond acceptors (Lipinski definition) is 4. The summed E-state index contributed by atoms with van der Waals surface area (Å²) < 4.78 is 34.2. The lowest BCUT2D eigenvalue weighted by atomic mass is 9.76. The molecule has 1 aliphatic rings. The first-order chi connectivity index (χ1) is 13.1. The van der Waals surface area contributed by atoms with E-state index in [1.165, 1.54) is 0 Å². The fourth-order valence-electron chi connectivity index (χ4n) is 3.97. The van der Waals surface area contributed by atoms with Gasteiger partial charge >= 0.3 is 0 Å². The first-order valence-electron chi connectivity index (χ1n) is 9.24. The molecule has 1 N–H and O–H groups in total. The predicted octanol–water partition coefficient (Wildman–Crippen LogP) is 5.01.